The third-order valence-corrected chi connectivity index (χ3v) is 4.26. The predicted molar refractivity (Wildman–Crippen MR) is 96.7 cm³/mol. The van der Waals surface area contributed by atoms with Gasteiger partial charge in [-0.15, -0.1) is 0 Å². The first-order valence-electron chi connectivity index (χ1n) is 8.52. The van der Waals surface area contributed by atoms with Crippen molar-refractivity contribution in [2.45, 2.75) is 51.3 Å². The molecule has 0 saturated heterocycles. The van der Waals surface area contributed by atoms with Gasteiger partial charge in [0, 0.05) is 0 Å². The number of hydrogen-bond acceptors (Lipinski definition) is 5. The Morgan fingerprint density at radius 2 is 1.58 bits per heavy atom. The minimum atomic E-state index is -0.634. The number of benzene rings is 1. The van der Waals surface area contributed by atoms with E-state index >= 15 is 0 Å². The highest BCUT2D eigenvalue weighted by Gasteiger charge is 2.34. The van der Waals surface area contributed by atoms with Crippen LogP contribution in [0.2, 0.25) is 0 Å². The quantitative estimate of drug-likeness (QED) is 0.871. The number of aliphatic hydroxyl groups excluding tert-OH is 1. The molecule has 1 heterocycles. The van der Waals surface area contributed by atoms with Crippen LogP contribution in [0.15, 0.2) is 40.3 Å². The molecule has 132 valence electrons. The molecule has 0 radical (unpaired) electrons. The van der Waals surface area contributed by atoms with Gasteiger partial charge in [0.05, 0.1) is 20.3 Å². The minimum Gasteiger partial charge on any atom is -0.483 e. The molecule has 24 heavy (non-hydrogen) atoms. The van der Waals surface area contributed by atoms with Gasteiger partial charge in [-0.3, -0.25) is 0 Å². The molecule has 0 unspecified atom stereocenters. The molecule has 1 aliphatic rings. The van der Waals surface area contributed by atoms with Crippen LogP contribution in [0.1, 0.15) is 32.3 Å². The van der Waals surface area contributed by atoms with Gasteiger partial charge in [0.1, 0.15) is 6.04 Å². The fourth-order valence-corrected chi connectivity index (χ4v) is 2.89. The highest BCUT2D eigenvalue weighted by atomic mass is 16.5. The summed E-state index contributed by atoms with van der Waals surface area (Å²) >= 11 is 0. The van der Waals surface area contributed by atoms with Gasteiger partial charge in [-0.1, -0.05) is 44.2 Å². The first kappa shape index (κ1) is 18.5. The van der Waals surface area contributed by atoms with Gasteiger partial charge in [-0.25, -0.2) is 9.98 Å². The zero-order valence-corrected chi connectivity index (χ0v) is 15.0. The van der Waals surface area contributed by atoms with Gasteiger partial charge in [-0.05, 0) is 30.7 Å². The van der Waals surface area contributed by atoms with E-state index in [0.717, 1.165) is 12.8 Å². The normalized spacial score (nSPS) is 21.9. The summed E-state index contributed by atoms with van der Waals surface area (Å²) in [7, 11) is 3.17. The molecule has 0 saturated carbocycles. The van der Waals surface area contributed by atoms with E-state index in [4.69, 9.17) is 9.47 Å². The number of aliphatic hydroxyl groups is 1. The fraction of sp³-hybridized carbons (Fsp3) is 0.579. The molecule has 0 bridgehead atoms. The zero-order valence-electron chi connectivity index (χ0n) is 15.0. The van der Waals surface area contributed by atoms with Crippen molar-refractivity contribution >= 4 is 11.8 Å². The smallest absolute Gasteiger partial charge is 0.212 e. The second-order valence-corrected chi connectivity index (χ2v) is 6.42. The second-order valence-electron chi connectivity index (χ2n) is 6.42. The Balaban J connectivity index is 2.00. The summed E-state index contributed by atoms with van der Waals surface area (Å²) in [5, 5.41) is 10.6. The molecular formula is C19H28N2O3. The highest BCUT2D eigenvalue weighted by molar-refractivity contribution is 5.94. The largest absolute Gasteiger partial charge is 0.483 e. The minimum absolute atomic E-state index is 0.155. The van der Waals surface area contributed by atoms with E-state index in [1.807, 2.05) is 18.2 Å². The standard InChI is InChI=1S/C19H28N2O3/c1-13(2)16-18(23-3)21-17(19(20-16)24-4)15(22)12-8-11-14-9-6-5-7-10-14/h5-7,9-10,13,15-17,22H,8,11-12H2,1-4H3/t15-,16+,17-/m0/s1. The molecule has 5 heteroatoms. The van der Waals surface area contributed by atoms with Crippen molar-refractivity contribution in [1.29, 1.82) is 0 Å². The molecule has 2 rings (SSSR count). The summed E-state index contributed by atoms with van der Waals surface area (Å²) in [6.45, 7) is 4.12. The first-order valence-corrected chi connectivity index (χ1v) is 8.52. The number of methoxy groups -OCH3 is 2. The number of nitrogens with zero attached hydrogens (tertiary/aromatic N) is 2. The lowest BCUT2D eigenvalue weighted by Crippen LogP contribution is -2.42. The topological polar surface area (TPSA) is 63.4 Å². The number of hydrogen-bond donors (Lipinski definition) is 1. The van der Waals surface area contributed by atoms with Crippen LogP contribution < -0.4 is 0 Å². The molecule has 0 amide bonds. The van der Waals surface area contributed by atoms with Crippen LogP contribution in [-0.2, 0) is 15.9 Å². The van der Waals surface area contributed by atoms with Crippen molar-refractivity contribution in [2.75, 3.05) is 14.2 Å². The fourth-order valence-electron chi connectivity index (χ4n) is 2.89. The molecular weight excluding hydrogens is 304 g/mol. The molecule has 1 aromatic rings. The number of rotatable bonds is 6. The van der Waals surface area contributed by atoms with E-state index in [9.17, 15) is 5.11 Å². The average Bonchev–Trinajstić information content (AvgIpc) is 2.61. The monoisotopic (exact) mass is 332 g/mol. The van der Waals surface area contributed by atoms with Crippen molar-refractivity contribution in [3.05, 3.63) is 35.9 Å². The van der Waals surface area contributed by atoms with Crippen LogP contribution in [-0.4, -0.2) is 49.3 Å². The lowest BCUT2D eigenvalue weighted by Gasteiger charge is -2.29. The molecule has 0 aromatic heterocycles. The molecule has 3 atom stereocenters. The van der Waals surface area contributed by atoms with Crippen LogP contribution in [0, 0.1) is 5.92 Å². The Hall–Kier alpha value is -1.88. The Bertz CT molecular complexity index is 569. The van der Waals surface area contributed by atoms with E-state index in [2.05, 4.69) is 36.0 Å². The lowest BCUT2D eigenvalue weighted by molar-refractivity contribution is 0.142. The molecule has 1 aromatic carbocycles. The molecule has 0 aliphatic carbocycles. The van der Waals surface area contributed by atoms with Crippen LogP contribution in [0.5, 0.6) is 0 Å². The van der Waals surface area contributed by atoms with Gasteiger partial charge in [-0.2, -0.15) is 0 Å². The van der Waals surface area contributed by atoms with Crippen molar-refractivity contribution in [2.24, 2.45) is 15.9 Å². The molecule has 1 aliphatic heterocycles. The summed E-state index contributed by atoms with van der Waals surface area (Å²) in [4.78, 5) is 9.17. The van der Waals surface area contributed by atoms with Crippen LogP contribution >= 0.6 is 0 Å². The lowest BCUT2D eigenvalue weighted by atomic mass is 9.98. The molecule has 0 fully saturated rings. The SMILES string of the molecule is COC1=N[C@H](C(C)C)C(OC)=N[C@H]1[C@@H](O)CCCc1ccccc1. The third-order valence-electron chi connectivity index (χ3n) is 4.26. The highest BCUT2D eigenvalue weighted by Crippen LogP contribution is 2.21. The summed E-state index contributed by atoms with van der Waals surface area (Å²) in [5.74, 6) is 1.31. The zero-order chi connectivity index (χ0) is 17.5. The maximum absolute atomic E-state index is 10.6. The van der Waals surface area contributed by atoms with Crippen LogP contribution in [0.4, 0.5) is 0 Å². The van der Waals surface area contributed by atoms with Crippen molar-refractivity contribution in [1.82, 2.24) is 0 Å². The van der Waals surface area contributed by atoms with Crippen LogP contribution in [0.25, 0.3) is 0 Å². The van der Waals surface area contributed by atoms with E-state index < -0.39 is 12.1 Å². The maximum Gasteiger partial charge on any atom is 0.212 e. The molecule has 0 spiro atoms. The van der Waals surface area contributed by atoms with Crippen molar-refractivity contribution < 1.29 is 14.6 Å². The Kier molecular flexibility index (Phi) is 6.79. The Labute approximate surface area is 144 Å². The summed E-state index contributed by atoms with van der Waals surface area (Å²) in [6, 6.07) is 9.63. The summed E-state index contributed by atoms with van der Waals surface area (Å²) < 4.78 is 10.8. The van der Waals surface area contributed by atoms with Gasteiger partial charge < -0.3 is 14.6 Å². The summed E-state index contributed by atoms with van der Waals surface area (Å²) in [5.41, 5.74) is 1.27. The van der Waals surface area contributed by atoms with Gasteiger partial charge in [0.15, 0.2) is 6.04 Å². The van der Waals surface area contributed by atoms with Gasteiger partial charge >= 0.3 is 0 Å². The van der Waals surface area contributed by atoms with Crippen molar-refractivity contribution in [3.8, 4) is 0 Å². The second kappa shape index (κ2) is 8.83. The van der Waals surface area contributed by atoms with E-state index in [0.29, 0.717) is 18.2 Å². The van der Waals surface area contributed by atoms with E-state index in [1.54, 1.807) is 14.2 Å². The molecule has 5 nitrogen and oxygen atoms in total. The Morgan fingerprint density at radius 3 is 2.17 bits per heavy atom. The number of aryl methyl sites for hydroxylation is 1. The van der Waals surface area contributed by atoms with Gasteiger partial charge in [0.2, 0.25) is 11.8 Å². The van der Waals surface area contributed by atoms with Crippen LogP contribution in [0.3, 0.4) is 0 Å². The first-order chi connectivity index (χ1) is 11.6. The Morgan fingerprint density at radius 1 is 1.00 bits per heavy atom. The van der Waals surface area contributed by atoms with Crippen molar-refractivity contribution in [3.63, 3.8) is 0 Å². The predicted octanol–water partition coefficient (Wildman–Crippen LogP) is 2.87. The molecule has 1 N–H and O–H groups in total. The number of ether oxygens (including phenoxy) is 2. The van der Waals surface area contributed by atoms with Gasteiger partial charge in [0.25, 0.3) is 0 Å². The maximum atomic E-state index is 10.6. The third kappa shape index (κ3) is 4.57. The van der Waals surface area contributed by atoms with E-state index in [1.165, 1.54) is 5.56 Å². The van der Waals surface area contributed by atoms with E-state index in [-0.39, 0.29) is 12.0 Å². The summed E-state index contributed by atoms with van der Waals surface area (Å²) in [6.07, 6.45) is 1.81. The number of aliphatic imine (C=N–C) groups is 2. The average molecular weight is 332 g/mol.